The first-order valence-electron chi connectivity index (χ1n) is 7.00. The molecule has 2 aromatic rings. The molecule has 112 valence electrons. The highest BCUT2D eigenvalue weighted by Crippen LogP contribution is 2.26. The largest absolute Gasteiger partial charge is 0.316 e. The van der Waals surface area contributed by atoms with Crippen LogP contribution in [-0.2, 0) is 6.42 Å². The molecule has 1 unspecified atom stereocenters. The van der Waals surface area contributed by atoms with Gasteiger partial charge < -0.3 is 5.32 Å². The van der Waals surface area contributed by atoms with E-state index in [1.54, 1.807) is 18.2 Å². The number of nitrogens with one attached hydrogen (secondary N) is 1. The Morgan fingerprint density at radius 3 is 2.52 bits per heavy atom. The Hall–Kier alpha value is -1.45. The highest BCUT2D eigenvalue weighted by molar-refractivity contribution is 6.31. The van der Waals surface area contributed by atoms with E-state index in [2.05, 4.69) is 5.32 Å². The Bertz CT molecular complexity index is 601. The molecule has 0 aromatic heterocycles. The fourth-order valence-electron chi connectivity index (χ4n) is 2.34. The molecular weight excluding hydrogens is 292 g/mol. The van der Waals surface area contributed by atoms with Gasteiger partial charge in [0.25, 0.3) is 0 Å². The SMILES string of the molecule is CCNCC(Cc1ccc(F)cc1Cl)c1cccc(F)c1. The number of hydrogen-bond acceptors (Lipinski definition) is 1. The summed E-state index contributed by atoms with van der Waals surface area (Å²) >= 11 is 6.09. The first kappa shape index (κ1) is 15.9. The van der Waals surface area contributed by atoms with Crippen LogP contribution in [0.5, 0.6) is 0 Å². The normalized spacial score (nSPS) is 12.4. The van der Waals surface area contributed by atoms with Crippen molar-refractivity contribution in [1.29, 1.82) is 0 Å². The van der Waals surface area contributed by atoms with E-state index in [0.29, 0.717) is 18.0 Å². The standard InChI is InChI=1S/C17H18ClF2N/c1-2-21-11-14(12-4-3-5-15(19)9-12)8-13-6-7-16(20)10-17(13)18/h3-7,9-10,14,21H,2,8,11H2,1H3. The summed E-state index contributed by atoms with van der Waals surface area (Å²) in [5.41, 5.74) is 1.78. The molecule has 0 heterocycles. The average molecular weight is 310 g/mol. The molecule has 0 amide bonds. The summed E-state index contributed by atoms with van der Waals surface area (Å²) in [4.78, 5) is 0. The van der Waals surface area contributed by atoms with Gasteiger partial charge in [-0.05, 0) is 48.4 Å². The lowest BCUT2D eigenvalue weighted by atomic mass is 9.91. The van der Waals surface area contributed by atoms with Gasteiger partial charge in [0.05, 0.1) is 0 Å². The zero-order chi connectivity index (χ0) is 15.2. The van der Waals surface area contributed by atoms with E-state index in [0.717, 1.165) is 17.7 Å². The topological polar surface area (TPSA) is 12.0 Å². The molecule has 1 atom stereocenters. The van der Waals surface area contributed by atoms with Gasteiger partial charge in [-0.1, -0.05) is 36.7 Å². The van der Waals surface area contributed by atoms with Crippen LogP contribution in [0.1, 0.15) is 24.0 Å². The van der Waals surface area contributed by atoms with Crippen molar-refractivity contribution in [2.45, 2.75) is 19.3 Å². The highest BCUT2D eigenvalue weighted by atomic mass is 35.5. The molecule has 2 rings (SSSR count). The third kappa shape index (κ3) is 4.51. The van der Waals surface area contributed by atoms with Gasteiger partial charge in [0, 0.05) is 17.5 Å². The van der Waals surface area contributed by atoms with Crippen molar-refractivity contribution in [3.05, 3.63) is 70.2 Å². The average Bonchev–Trinajstić information content (AvgIpc) is 2.45. The summed E-state index contributed by atoms with van der Waals surface area (Å²) in [5, 5.41) is 3.69. The Balaban J connectivity index is 2.23. The molecule has 0 radical (unpaired) electrons. The molecule has 1 nitrogen and oxygen atoms in total. The van der Waals surface area contributed by atoms with E-state index in [9.17, 15) is 8.78 Å². The maximum Gasteiger partial charge on any atom is 0.124 e. The minimum atomic E-state index is -0.349. The molecule has 0 saturated heterocycles. The van der Waals surface area contributed by atoms with E-state index in [1.165, 1.54) is 18.2 Å². The monoisotopic (exact) mass is 309 g/mol. The van der Waals surface area contributed by atoms with Crippen molar-refractivity contribution in [1.82, 2.24) is 5.32 Å². The molecule has 0 aliphatic rings. The second kappa shape index (κ2) is 7.53. The van der Waals surface area contributed by atoms with Crippen LogP contribution in [-0.4, -0.2) is 13.1 Å². The van der Waals surface area contributed by atoms with Gasteiger partial charge in [-0.2, -0.15) is 0 Å². The number of rotatable bonds is 6. The first-order valence-corrected chi connectivity index (χ1v) is 7.38. The van der Waals surface area contributed by atoms with E-state index in [-0.39, 0.29) is 17.6 Å². The Kier molecular flexibility index (Phi) is 5.71. The molecule has 0 aliphatic carbocycles. The minimum Gasteiger partial charge on any atom is -0.316 e. The van der Waals surface area contributed by atoms with E-state index in [4.69, 9.17) is 11.6 Å². The van der Waals surface area contributed by atoms with Crippen LogP contribution in [0.15, 0.2) is 42.5 Å². The van der Waals surface area contributed by atoms with Crippen LogP contribution in [0, 0.1) is 11.6 Å². The van der Waals surface area contributed by atoms with E-state index >= 15 is 0 Å². The maximum atomic E-state index is 13.4. The van der Waals surface area contributed by atoms with Gasteiger partial charge in [-0.3, -0.25) is 0 Å². The van der Waals surface area contributed by atoms with Gasteiger partial charge in [0.15, 0.2) is 0 Å². The minimum absolute atomic E-state index is 0.0867. The molecule has 0 bridgehead atoms. The van der Waals surface area contributed by atoms with Gasteiger partial charge in [0.2, 0.25) is 0 Å². The van der Waals surface area contributed by atoms with Crippen LogP contribution in [0.4, 0.5) is 8.78 Å². The maximum absolute atomic E-state index is 13.4. The van der Waals surface area contributed by atoms with Crippen molar-refractivity contribution in [2.75, 3.05) is 13.1 Å². The third-order valence-corrected chi connectivity index (χ3v) is 3.79. The summed E-state index contributed by atoms with van der Waals surface area (Å²) in [6, 6.07) is 11.0. The molecular formula is C17H18ClF2N. The second-order valence-electron chi connectivity index (χ2n) is 5.00. The predicted molar refractivity (Wildman–Crippen MR) is 82.8 cm³/mol. The Morgan fingerprint density at radius 1 is 1.10 bits per heavy atom. The second-order valence-corrected chi connectivity index (χ2v) is 5.41. The Labute approximate surface area is 128 Å². The highest BCUT2D eigenvalue weighted by Gasteiger charge is 2.15. The molecule has 21 heavy (non-hydrogen) atoms. The van der Waals surface area contributed by atoms with Crippen molar-refractivity contribution in [3.63, 3.8) is 0 Å². The van der Waals surface area contributed by atoms with E-state index in [1.807, 2.05) is 13.0 Å². The van der Waals surface area contributed by atoms with Gasteiger partial charge in [-0.25, -0.2) is 8.78 Å². The van der Waals surface area contributed by atoms with Crippen LogP contribution in [0.2, 0.25) is 5.02 Å². The number of halogens is 3. The van der Waals surface area contributed by atoms with Crippen molar-refractivity contribution in [3.8, 4) is 0 Å². The molecule has 0 saturated carbocycles. The smallest absolute Gasteiger partial charge is 0.124 e. The molecule has 0 spiro atoms. The van der Waals surface area contributed by atoms with Gasteiger partial charge in [-0.15, -0.1) is 0 Å². The zero-order valence-corrected chi connectivity index (χ0v) is 12.6. The van der Waals surface area contributed by atoms with Crippen LogP contribution in [0.25, 0.3) is 0 Å². The molecule has 0 aliphatic heterocycles. The van der Waals surface area contributed by atoms with Crippen molar-refractivity contribution in [2.24, 2.45) is 0 Å². The van der Waals surface area contributed by atoms with Crippen molar-refractivity contribution < 1.29 is 8.78 Å². The Morgan fingerprint density at radius 2 is 1.86 bits per heavy atom. The van der Waals surface area contributed by atoms with Crippen LogP contribution >= 0.6 is 11.6 Å². The van der Waals surface area contributed by atoms with Gasteiger partial charge in [0.1, 0.15) is 11.6 Å². The lowest BCUT2D eigenvalue weighted by Crippen LogP contribution is -2.23. The van der Waals surface area contributed by atoms with Gasteiger partial charge >= 0.3 is 0 Å². The lowest BCUT2D eigenvalue weighted by molar-refractivity contribution is 0.581. The summed E-state index contributed by atoms with van der Waals surface area (Å²) < 4.78 is 26.5. The zero-order valence-electron chi connectivity index (χ0n) is 11.9. The summed E-state index contributed by atoms with van der Waals surface area (Å²) in [6.07, 6.45) is 0.634. The molecule has 0 fully saturated rings. The van der Waals surface area contributed by atoms with Crippen LogP contribution < -0.4 is 5.32 Å². The fourth-order valence-corrected chi connectivity index (χ4v) is 2.58. The van der Waals surface area contributed by atoms with E-state index < -0.39 is 0 Å². The first-order chi connectivity index (χ1) is 10.1. The molecule has 1 N–H and O–H groups in total. The fraction of sp³-hybridized carbons (Fsp3) is 0.294. The number of hydrogen-bond donors (Lipinski definition) is 1. The number of likely N-dealkylation sites (N-methyl/N-ethyl adjacent to an activating group) is 1. The van der Waals surface area contributed by atoms with Crippen LogP contribution in [0.3, 0.4) is 0 Å². The quantitative estimate of drug-likeness (QED) is 0.825. The third-order valence-electron chi connectivity index (χ3n) is 3.44. The molecule has 4 heteroatoms. The molecule has 2 aromatic carbocycles. The number of benzene rings is 2. The lowest BCUT2D eigenvalue weighted by Gasteiger charge is -2.19. The summed E-state index contributed by atoms with van der Waals surface area (Å²) in [6.45, 7) is 3.57. The summed E-state index contributed by atoms with van der Waals surface area (Å²) in [5.74, 6) is -0.513. The summed E-state index contributed by atoms with van der Waals surface area (Å²) in [7, 11) is 0. The van der Waals surface area contributed by atoms with Crippen molar-refractivity contribution >= 4 is 11.6 Å². The predicted octanol–water partition coefficient (Wildman–Crippen LogP) is 4.55.